The second kappa shape index (κ2) is 5.50. The predicted octanol–water partition coefficient (Wildman–Crippen LogP) is 2.25. The molecule has 0 radical (unpaired) electrons. The molecule has 5 heteroatoms. The Morgan fingerprint density at radius 2 is 2.11 bits per heavy atom. The predicted molar refractivity (Wildman–Crippen MR) is 65.1 cm³/mol. The second-order valence-electron chi connectivity index (χ2n) is 4.33. The molecule has 2 rings (SSSR count). The Balaban J connectivity index is 2.11. The van der Waals surface area contributed by atoms with Gasteiger partial charge in [0.05, 0.1) is 0 Å². The number of aryl methyl sites for hydroxylation is 1. The molecule has 0 N–H and O–H groups in total. The van der Waals surface area contributed by atoms with Gasteiger partial charge in [-0.1, -0.05) is 0 Å². The van der Waals surface area contributed by atoms with Crippen LogP contribution in [0.25, 0.3) is 0 Å². The van der Waals surface area contributed by atoms with Crippen LogP contribution in [0.4, 0.5) is 4.79 Å². The number of carbonyl (C=O) groups excluding carboxylic acids is 1. The van der Waals surface area contributed by atoms with E-state index < -0.39 is 6.09 Å². The van der Waals surface area contributed by atoms with Gasteiger partial charge >= 0.3 is 6.09 Å². The van der Waals surface area contributed by atoms with Crippen LogP contribution in [0, 0.1) is 18.3 Å². The van der Waals surface area contributed by atoms with Crippen molar-refractivity contribution in [2.24, 2.45) is 0 Å². The Hall–Kier alpha value is -2.09. The Morgan fingerprint density at radius 3 is 2.78 bits per heavy atom. The van der Waals surface area contributed by atoms with Gasteiger partial charge in [0.25, 0.3) is 0 Å². The third-order valence-corrected chi connectivity index (χ3v) is 2.92. The van der Waals surface area contributed by atoms with Gasteiger partial charge in [0.2, 0.25) is 5.88 Å². The second-order valence-corrected chi connectivity index (χ2v) is 4.33. The molecular formula is C13H15N3O2. The third-order valence-electron chi connectivity index (χ3n) is 2.92. The van der Waals surface area contributed by atoms with Gasteiger partial charge in [-0.15, -0.1) is 0 Å². The molecule has 0 aromatic carbocycles. The number of hydrogen-bond acceptors (Lipinski definition) is 4. The highest BCUT2D eigenvalue weighted by molar-refractivity contribution is 5.71. The summed E-state index contributed by atoms with van der Waals surface area (Å²) in [7, 11) is 0. The van der Waals surface area contributed by atoms with Crippen molar-refractivity contribution in [3.05, 3.63) is 23.4 Å². The average Bonchev–Trinajstić information content (AvgIpc) is 2.40. The molecule has 0 saturated carbocycles. The van der Waals surface area contributed by atoms with Gasteiger partial charge in [-0.05, 0) is 38.3 Å². The third kappa shape index (κ3) is 2.77. The van der Waals surface area contributed by atoms with Gasteiger partial charge in [-0.2, -0.15) is 5.26 Å². The Morgan fingerprint density at radius 1 is 1.39 bits per heavy atom. The molecule has 1 fully saturated rings. The molecule has 1 aliphatic heterocycles. The summed E-state index contributed by atoms with van der Waals surface area (Å²) in [6.45, 7) is 3.22. The van der Waals surface area contributed by atoms with Crippen LogP contribution in [-0.4, -0.2) is 29.1 Å². The number of pyridine rings is 1. The first kappa shape index (κ1) is 12.4. The van der Waals surface area contributed by atoms with Crippen molar-refractivity contribution in [2.75, 3.05) is 13.1 Å². The molecule has 5 nitrogen and oxygen atoms in total. The van der Waals surface area contributed by atoms with Crippen molar-refractivity contribution in [1.29, 1.82) is 5.26 Å². The summed E-state index contributed by atoms with van der Waals surface area (Å²) in [5.41, 5.74) is 1.00. The normalized spacial score (nSPS) is 15.0. The molecule has 2 heterocycles. The van der Waals surface area contributed by atoms with Crippen LogP contribution < -0.4 is 4.74 Å². The summed E-state index contributed by atoms with van der Waals surface area (Å²) >= 11 is 0. The molecule has 0 aliphatic carbocycles. The first-order valence-electron chi connectivity index (χ1n) is 6.05. The highest BCUT2D eigenvalue weighted by atomic mass is 16.6. The lowest BCUT2D eigenvalue weighted by molar-refractivity contribution is 0.140. The average molecular weight is 245 g/mol. The van der Waals surface area contributed by atoms with Crippen LogP contribution in [0.15, 0.2) is 12.1 Å². The fraction of sp³-hybridized carbons (Fsp3) is 0.462. The van der Waals surface area contributed by atoms with Crippen molar-refractivity contribution >= 4 is 6.09 Å². The number of ether oxygens (including phenoxy) is 1. The van der Waals surface area contributed by atoms with E-state index in [2.05, 4.69) is 4.98 Å². The summed E-state index contributed by atoms with van der Waals surface area (Å²) in [5, 5.41) is 8.94. The lowest BCUT2D eigenvalue weighted by Gasteiger charge is -2.25. The van der Waals surface area contributed by atoms with Crippen LogP contribution in [0.5, 0.6) is 5.88 Å². The lowest BCUT2D eigenvalue weighted by atomic mass is 10.1. The quantitative estimate of drug-likeness (QED) is 0.761. The number of nitrogens with zero attached hydrogens (tertiary/aromatic N) is 3. The maximum absolute atomic E-state index is 11.9. The number of piperidine rings is 1. The van der Waals surface area contributed by atoms with E-state index in [1.165, 1.54) is 0 Å². The van der Waals surface area contributed by atoms with Crippen LogP contribution in [-0.2, 0) is 0 Å². The standard InChI is InChI=1S/C13H15N3O2/c1-10-5-6-11(9-14)12(15-10)18-13(17)16-7-3-2-4-8-16/h5-6H,2-4,7-8H2,1H3. The maximum Gasteiger partial charge on any atom is 0.416 e. The lowest BCUT2D eigenvalue weighted by Crippen LogP contribution is -2.37. The van der Waals surface area contributed by atoms with Crippen LogP contribution in [0.1, 0.15) is 30.5 Å². The summed E-state index contributed by atoms with van der Waals surface area (Å²) < 4.78 is 5.21. The van der Waals surface area contributed by atoms with Crippen LogP contribution >= 0.6 is 0 Å². The van der Waals surface area contributed by atoms with Crippen molar-refractivity contribution in [2.45, 2.75) is 26.2 Å². The minimum atomic E-state index is -0.413. The minimum Gasteiger partial charge on any atom is -0.390 e. The molecule has 94 valence electrons. The van der Waals surface area contributed by atoms with Crippen molar-refractivity contribution in [1.82, 2.24) is 9.88 Å². The maximum atomic E-state index is 11.9. The highest BCUT2D eigenvalue weighted by Gasteiger charge is 2.20. The van der Waals surface area contributed by atoms with E-state index in [0.29, 0.717) is 13.1 Å². The first-order chi connectivity index (χ1) is 8.70. The zero-order valence-corrected chi connectivity index (χ0v) is 10.3. The summed E-state index contributed by atoms with van der Waals surface area (Å²) in [6.07, 6.45) is 2.74. The first-order valence-corrected chi connectivity index (χ1v) is 6.05. The minimum absolute atomic E-state index is 0.105. The van der Waals surface area contributed by atoms with E-state index in [1.54, 1.807) is 24.0 Å². The van der Waals surface area contributed by atoms with Gasteiger partial charge < -0.3 is 9.64 Å². The molecule has 1 amide bonds. The van der Waals surface area contributed by atoms with Crippen molar-refractivity contribution < 1.29 is 9.53 Å². The molecule has 0 bridgehead atoms. The smallest absolute Gasteiger partial charge is 0.390 e. The van der Waals surface area contributed by atoms with E-state index in [4.69, 9.17) is 10.00 Å². The Labute approximate surface area is 106 Å². The molecule has 1 aromatic rings. The number of carbonyl (C=O) groups is 1. The van der Waals surface area contributed by atoms with Gasteiger partial charge in [0, 0.05) is 18.8 Å². The number of aromatic nitrogens is 1. The zero-order valence-electron chi connectivity index (χ0n) is 10.3. The molecule has 0 atom stereocenters. The van der Waals surface area contributed by atoms with Crippen molar-refractivity contribution in [3.63, 3.8) is 0 Å². The van der Waals surface area contributed by atoms with Crippen molar-refractivity contribution in [3.8, 4) is 11.9 Å². The summed E-state index contributed by atoms with van der Waals surface area (Å²) in [5.74, 6) is 0.105. The fourth-order valence-corrected chi connectivity index (χ4v) is 1.92. The monoisotopic (exact) mass is 245 g/mol. The molecule has 1 aliphatic rings. The molecule has 18 heavy (non-hydrogen) atoms. The van der Waals surface area contributed by atoms with E-state index >= 15 is 0 Å². The highest BCUT2D eigenvalue weighted by Crippen LogP contribution is 2.17. The summed E-state index contributed by atoms with van der Waals surface area (Å²) in [6, 6.07) is 5.30. The topological polar surface area (TPSA) is 66.2 Å². The summed E-state index contributed by atoms with van der Waals surface area (Å²) in [4.78, 5) is 17.6. The number of likely N-dealkylation sites (tertiary alicyclic amines) is 1. The number of hydrogen-bond donors (Lipinski definition) is 0. The number of rotatable bonds is 1. The molecule has 1 aromatic heterocycles. The van der Waals surface area contributed by atoms with Gasteiger partial charge in [-0.25, -0.2) is 9.78 Å². The SMILES string of the molecule is Cc1ccc(C#N)c(OC(=O)N2CCCCC2)n1. The van der Waals surface area contributed by atoms with Gasteiger partial charge in [0.15, 0.2) is 0 Å². The molecule has 1 saturated heterocycles. The van der Waals surface area contributed by atoms with E-state index in [0.717, 1.165) is 25.0 Å². The van der Waals surface area contributed by atoms with Crippen LogP contribution in [0.3, 0.4) is 0 Å². The van der Waals surface area contributed by atoms with Crippen LogP contribution in [0.2, 0.25) is 0 Å². The molecule has 0 spiro atoms. The van der Waals surface area contributed by atoms with E-state index in [1.807, 2.05) is 6.07 Å². The van der Waals surface area contributed by atoms with Gasteiger partial charge in [-0.3, -0.25) is 0 Å². The molecular weight excluding hydrogens is 230 g/mol. The van der Waals surface area contributed by atoms with Gasteiger partial charge in [0.1, 0.15) is 11.6 Å². The number of amides is 1. The Kier molecular flexibility index (Phi) is 3.78. The fourth-order valence-electron chi connectivity index (χ4n) is 1.92. The largest absolute Gasteiger partial charge is 0.416 e. The Bertz CT molecular complexity index is 487. The molecule has 0 unspecified atom stereocenters. The van der Waals surface area contributed by atoms with E-state index in [-0.39, 0.29) is 11.4 Å². The van der Waals surface area contributed by atoms with E-state index in [9.17, 15) is 4.79 Å². The zero-order chi connectivity index (χ0) is 13.0. The number of nitriles is 1.